The first kappa shape index (κ1) is 16.5. The third-order valence-corrected chi connectivity index (χ3v) is 5.28. The molecule has 0 amide bonds. The van der Waals surface area contributed by atoms with E-state index in [2.05, 4.69) is 5.10 Å². The van der Waals surface area contributed by atoms with Gasteiger partial charge in [0, 0.05) is 13.1 Å². The topological polar surface area (TPSA) is 67.1 Å². The summed E-state index contributed by atoms with van der Waals surface area (Å²) in [6, 6.07) is 11.4. The summed E-state index contributed by atoms with van der Waals surface area (Å²) in [7, 11) is 1.75. The van der Waals surface area contributed by atoms with E-state index in [0.29, 0.717) is 9.27 Å². The number of aromatic nitrogens is 3. The highest BCUT2D eigenvalue weighted by molar-refractivity contribution is 5.74. The number of fused-ring (bicyclic) bond motifs is 1. The van der Waals surface area contributed by atoms with Crippen molar-refractivity contribution in [3.05, 3.63) is 69.5 Å². The number of nitrogens with zero attached hydrogens (tertiary/aromatic N) is 4. The molecule has 0 saturated heterocycles. The molecule has 1 saturated carbocycles. The molecule has 134 valence electrons. The Labute approximate surface area is 149 Å². The molecule has 0 N–H and O–H groups in total. The van der Waals surface area contributed by atoms with E-state index in [1.807, 2.05) is 13.0 Å². The zero-order chi connectivity index (χ0) is 18.5. The van der Waals surface area contributed by atoms with E-state index in [4.69, 9.17) is 0 Å². The minimum atomic E-state index is -0.434. The Morgan fingerprint density at radius 3 is 2.58 bits per heavy atom. The molecule has 26 heavy (non-hydrogen) atoms. The summed E-state index contributed by atoms with van der Waals surface area (Å²) in [4.78, 5) is 14.2. The van der Waals surface area contributed by atoms with Crippen LogP contribution in [0.2, 0.25) is 0 Å². The Hall–Kier alpha value is -2.96. The Morgan fingerprint density at radius 2 is 1.96 bits per heavy atom. The van der Waals surface area contributed by atoms with E-state index in [-0.39, 0.29) is 22.8 Å². The summed E-state index contributed by atoms with van der Waals surface area (Å²) in [5, 5.41) is 16.9. The molecule has 7 heteroatoms. The summed E-state index contributed by atoms with van der Waals surface area (Å²) in [5.41, 5.74) is 1.97. The van der Waals surface area contributed by atoms with Gasteiger partial charge in [-0.3, -0.25) is 0 Å². The summed E-state index contributed by atoms with van der Waals surface area (Å²) in [6.07, 6.45) is 2.38. The summed E-state index contributed by atoms with van der Waals surface area (Å²) in [6.45, 7) is 1.98. The highest BCUT2D eigenvalue weighted by Gasteiger charge is 2.49. The zero-order valence-corrected chi connectivity index (χ0v) is 14.6. The van der Waals surface area contributed by atoms with Crippen LogP contribution in [0.15, 0.2) is 42.5 Å². The molecule has 1 aromatic heterocycles. The van der Waals surface area contributed by atoms with Gasteiger partial charge in [-0.2, -0.15) is 0 Å². The van der Waals surface area contributed by atoms with Gasteiger partial charge in [0.15, 0.2) is 4.54 Å². The third kappa shape index (κ3) is 2.42. The number of hydrogen-bond donors (Lipinski definition) is 0. The van der Waals surface area contributed by atoms with Gasteiger partial charge < -0.3 is 14.8 Å². The van der Waals surface area contributed by atoms with Crippen LogP contribution < -0.4 is 9.44 Å². The van der Waals surface area contributed by atoms with Gasteiger partial charge in [-0.15, -0.1) is 0 Å². The molecule has 1 heterocycles. The maximum atomic E-state index is 13.2. The summed E-state index contributed by atoms with van der Waals surface area (Å²) in [5.74, 6) is -0.266. The van der Waals surface area contributed by atoms with Gasteiger partial charge in [0.05, 0.1) is 15.5 Å². The van der Waals surface area contributed by atoms with Crippen molar-refractivity contribution in [3.8, 4) is 0 Å². The molecule has 1 aliphatic carbocycles. The van der Waals surface area contributed by atoms with E-state index in [1.54, 1.807) is 36.2 Å². The normalized spacial score (nSPS) is 15.2. The summed E-state index contributed by atoms with van der Waals surface area (Å²) >= 11 is 0. The van der Waals surface area contributed by atoms with Gasteiger partial charge in [-0.1, -0.05) is 25.1 Å². The molecule has 6 nitrogen and oxygen atoms in total. The number of rotatable bonds is 4. The first-order chi connectivity index (χ1) is 12.5. The minimum Gasteiger partial charge on any atom is -0.803 e. The highest BCUT2D eigenvalue weighted by atomic mass is 19.1. The Bertz CT molecular complexity index is 1040. The average Bonchev–Trinajstić information content (AvgIpc) is 3.46. The number of halogens is 1. The van der Waals surface area contributed by atoms with E-state index < -0.39 is 5.54 Å². The predicted octanol–water partition coefficient (Wildman–Crippen LogP) is 3.12. The highest BCUT2D eigenvalue weighted by Crippen LogP contribution is 2.51. The quantitative estimate of drug-likeness (QED) is 0.675. The maximum absolute atomic E-state index is 13.2. The van der Waals surface area contributed by atoms with Crippen molar-refractivity contribution in [1.29, 1.82) is 0 Å². The van der Waals surface area contributed by atoms with Crippen molar-refractivity contribution in [1.82, 2.24) is 9.83 Å². The monoisotopic (exact) mass is 354 g/mol. The lowest BCUT2D eigenvalue weighted by atomic mass is 10.0. The number of anilines is 1. The average molecular weight is 354 g/mol. The second kappa shape index (κ2) is 5.79. The van der Waals surface area contributed by atoms with Crippen LogP contribution in [0.25, 0.3) is 11.0 Å². The van der Waals surface area contributed by atoms with E-state index in [9.17, 15) is 14.5 Å². The van der Waals surface area contributed by atoms with Crippen molar-refractivity contribution in [2.75, 3.05) is 11.9 Å². The smallest absolute Gasteiger partial charge is 0.318 e. The first-order valence-corrected chi connectivity index (χ1v) is 8.62. The molecule has 4 rings (SSSR count). The largest absolute Gasteiger partial charge is 0.803 e. The number of benzene rings is 2. The molecular formula is C19H19FN4O2. The third-order valence-electron chi connectivity index (χ3n) is 5.28. The molecule has 1 fully saturated rings. The van der Waals surface area contributed by atoms with E-state index >= 15 is 0 Å². The van der Waals surface area contributed by atoms with E-state index in [1.165, 1.54) is 12.1 Å². The van der Waals surface area contributed by atoms with Gasteiger partial charge in [0.2, 0.25) is 0 Å². The molecule has 0 unspecified atom stereocenters. The summed E-state index contributed by atoms with van der Waals surface area (Å²) < 4.78 is 14.5. The van der Waals surface area contributed by atoms with Crippen LogP contribution in [-0.4, -0.2) is 16.9 Å². The molecule has 0 radical (unpaired) electrons. The molecule has 0 atom stereocenters. The van der Waals surface area contributed by atoms with Gasteiger partial charge in [-0.05, 0) is 48.6 Å². The fraction of sp³-hybridized carbons (Fsp3) is 0.316. The van der Waals surface area contributed by atoms with Crippen molar-refractivity contribution in [3.63, 3.8) is 0 Å². The van der Waals surface area contributed by atoms with Gasteiger partial charge >= 0.3 is 5.52 Å². The fourth-order valence-corrected chi connectivity index (χ4v) is 3.49. The lowest BCUT2D eigenvalue weighted by Crippen LogP contribution is -2.37. The molecule has 0 bridgehead atoms. The van der Waals surface area contributed by atoms with Crippen LogP contribution in [0.5, 0.6) is 0 Å². The van der Waals surface area contributed by atoms with Crippen molar-refractivity contribution in [2.45, 2.75) is 31.7 Å². The van der Waals surface area contributed by atoms with Crippen LogP contribution >= 0.6 is 0 Å². The number of hydrogen-bond acceptors (Lipinski definition) is 4. The van der Waals surface area contributed by atoms with Crippen LogP contribution in [0.1, 0.15) is 30.9 Å². The van der Waals surface area contributed by atoms with Crippen LogP contribution in [-0.2, 0) is 12.0 Å². The Kier molecular flexibility index (Phi) is 3.68. The van der Waals surface area contributed by atoms with Crippen LogP contribution in [0, 0.1) is 15.9 Å². The van der Waals surface area contributed by atoms with Crippen molar-refractivity contribution >= 4 is 17.0 Å². The predicted molar refractivity (Wildman–Crippen MR) is 97.0 cm³/mol. The zero-order valence-electron chi connectivity index (χ0n) is 14.6. The lowest BCUT2D eigenvalue weighted by molar-refractivity contribution is -0.535. The van der Waals surface area contributed by atoms with Crippen LogP contribution in [0.4, 0.5) is 10.3 Å². The lowest BCUT2D eigenvalue weighted by Gasteiger charge is -2.31. The first-order valence-electron chi connectivity index (χ1n) is 8.62. The van der Waals surface area contributed by atoms with Gasteiger partial charge in [-0.25, -0.2) is 4.39 Å². The molecule has 3 aromatic rings. The SMILES string of the molecule is CCc1ccc2c(c1)[n+](=O)nc(N(C)C1(c3ccc(F)cc3)CC1)n2[O-]. The second-order valence-electron chi connectivity index (χ2n) is 6.74. The Balaban J connectivity index is 1.82. The number of aryl methyl sites for hydroxylation is 1. The van der Waals surface area contributed by atoms with E-state index in [0.717, 1.165) is 30.4 Å². The minimum absolute atomic E-state index is 0.0403. The van der Waals surface area contributed by atoms with Crippen molar-refractivity contribution < 1.29 is 8.93 Å². The van der Waals surface area contributed by atoms with Crippen molar-refractivity contribution in [2.24, 2.45) is 0 Å². The van der Waals surface area contributed by atoms with Crippen LogP contribution in [0.3, 0.4) is 0 Å². The van der Waals surface area contributed by atoms with Gasteiger partial charge in [0.25, 0.3) is 5.95 Å². The molecule has 0 aliphatic heterocycles. The molecular weight excluding hydrogens is 335 g/mol. The molecule has 1 aliphatic rings. The standard InChI is InChI=1S/C19H19FN4O2/c1-3-13-4-9-16-17(12-13)24(26)21-18(23(16)25)22(2)19(10-11-19)14-5-7-15(20)8-6-14/h4-9,12H,3,10-11H2,1-2H3. The Morgan fingerprint density at radius 1 is 1.27 bits per heavy atom. The molecule has 0 spiro atoms. The molecule has 2 aromatic carbocycles. The van der Waals surface area contributed by atoms with Gasteiger partial charge in [0.1, 0.15) is 11.3 Å². The maximum Gasteiger partial charge on any atom is 0.318 e. The second-order valence-corrected chi connectivity index (χ2v) is 6.74. The fourth-order valence-electron chi connectivity index (χ4n) is 3.49.